The summed E-state index contributed by atoms with van der Waals surface area (Å²) in [4.78, 5) is 12.3. The van der Waals surface area contributed by atoms with Gasteiger partial charge in [0, 0.05) is 6.92 Å². The van der Waals surface area contributed by atoms with E-state index in [1.165, 1.54) is 0 Å². The Bertz CT molecular complexity index is 2580. The Hall–Kier alpha value is -2.33. The summed E-state index contributed by atoms with van der Waals surface area (Å²) >= 11 is 0. The number of hydrogen-bond donors (Lipinski definition) is 29. The molecule has 45 atom stereocenters. The lowest BCUT2D eigenvalue weighted by Crippen LogP contribution is -2.69. The number of carbonyl (C=O) groups excluding carboxylic acids is 1. The minimum absolute atomic E-state index is 0.849. The van der Waals surface area contributed by atoms with Gasteiger partial charge >= 0.3 is 0 Å². The second-order valence-electron chi connectivity index (χ2n) is 26.0. The number of nitrogens with one attached hydrogen (secondary N) is 1. The van der Waals surface area contributed by atoms with E-state index >= 15 is 0 Å². The summed E-state index contributed by atoms with van der Waals surface area (Å²) in [7, 11) is 0. The smallest absolute Gasteiger partial charge is 0.217 e. The van der Waals surface area contributed by atoms with Gasteiger partial charge in [-0.15, -0.1) is 0 Å². The highest BCUT2D eigenvalue weighted by Crippen LogP contribution is 2.39. The van der Waals surface area contributed by atoms with Crippen LogP contribution in [0, 0.1) is 0 Å². The SMILES string of the molecule is CC(=O)N[C@@H]1[C@@H](O)[C@H](O[C@@H]2O[C@H](CO[C@H]3O[C@H](CO[C@H]4O[C@H](CO)[C@@H](O)[C@H](O)[C@@H]4O[C@H]4O[C@H](CO)[C@@H](O)[C@H](O)[C@@H]4O)[C@@H](O)[C@H](O[C@H]4O[C@H](CO)[C@@H](O)[C@H](O)[C@@H]4O[C@H]4O[C@H](CO)[C@@H](O)[C@H](O)[C@@H]4O)[C@@H]3O)[C@@H](O)[C@H](O[C@H]3O[C@H](CO)[C@@H](O)[C@H](O)[C@@H]3O[C@H]3O[C@H](CO)[C@@H](O)[C@H](O)[C@@H]3O)[C@@H]2O)[C@@H](CO)O[C@H]1O. The van der Waals surface area contributed by atoms with Gasteiger partial charge in [0.2, 0.25) is 5.91 Å². The van der Waals surface area contributed by atoms with Crippen LogP contribution in [0.2, 0.25) is 0 Å². The van der Waals surface area contributed by atoms with Gasteiger partial charge in [0.1, 0.15) is 220 Å². The van der Waals surface area contributed by atoms with E-state index < -0.39 is 342 Å². The Kier molecular flexibility index (Phi) is 30.2. The van der Waals surface area contributed by atoms with Crippen molar-refractivity contribution in [1.29, 1.82) is 0 Å². The van der Waals surface area contributed by atoms with Crippen LogP contribution in [0.4, 0.5) is 0 Å². The lowest BCUT2D eigenvalue weighted by Gasteiger charge is -2.50. The summed E-state index contributed by atoms with van der Waals surface area (Å²) in [6.07, 6.45) is -93.5. The Morgan fingerprint density at radius 1 is 0.252 bits per heavy atom. The maximum atomic E-state index is 12.4. The Balaban J connectivity index is 1.06. The van der Waals surface area contributed by atoms with Crippen molar-refractivity contribution in [3.05, 3.63) is 0 Å². The van der Waals surface area contributed by atoms with Gasteiger partial charge in [-0.05, 0) is 0 Å². The van der Waals surface area contributed by atoms with Gasteiger partial charge < -0.3 is 229 Å². The van der Waals surface area contributed by atoms with E-state index in [-0.39, 0.29) is 0 Å². The number of carbonyl (C=O) groups is 1. The van der Waals surface area contributed by atoms with Crippen LogP contribution in [0.3, 0.4) is 0 Å². The molecule has 103 heavy (non-hydrogen) atoms. The quantitative estimate of drug-likeness (QED) is 0.0382. The first kappa shape index (κ1) is 84.7. The van der Waals surface area contributed by atoms with Gasteiger partial charge in [0.15, 0.2) is 56.6 Å². The van der Waals surface area contributed by atoms with Crippen molar-refractivity contribution in [3.8, 4) is 0 Å². The van der Waals surface area contributed by atoms with Gasteiger partial charge in [-0.2, -0.15) is 0 Å². The highest BCUT2D eigenvalue weighted by atomic mass is 16.8. The first-order valence-electron chi connectivity index (χ1n) is 32.7. The Morgan fingerprint density at radius 3 is 0.864 bits per heavy atom. The molecular formula is C56H95NO46. The van der Waals surface area contributed by atoms with Gasteiger partial charge in [-0.25, -0.2) is 0 Å². The van der Waals surface area contributed by atoms with Crippen molar-refractivity contribution in [1.82, 2.24) is 5.32 Å². The van der Waals surface area contributed by atoms with Crippen LogP contribution in [0.5, 0.6) is 0 Å². The van der Waals surface area contributed by atoms with Crippen LogP contribution < -0.4 is 5.32 Å². The molecule has 9 aliphatic heterocycles. The standard InChI is InChI=1S/C56H95NO46/c1-11(65)57-21-30(74)42(18(8-64)89-48(21)86)98-53-41(85)44(100-56-47(36(80)27(71)17(7-63)95-56)103-52-39(83)33(77)24(68)14(4-60)92-52)29(73)20(97-53)9-87-49-40(84)43(99-55-46(35(79)26(70)16(6-62)94-55)102-51-38(82)32(76)23(67)13(3-59)91-51)28(72)19(96-49)10-88-54-45(34(78)25(69)15(5-61)93-54)101-50-37(81)31(75)22(66)12(2-58)90-50/h12-56,58-64,66-86H,2-10H2,1H3,(H,57,65)/t12-,13-,14-,15-,16-,17-,18-,19-,20-,21-,22-,23-,24-,25-,26-,27-,28-,29-,30-,31+,32+,33+,34+,35+,36+,37+,38+,39+,40+,41+,42-,43+,44+,45+,46+,47+,48-,49+,50-,51-,52-,53+,54+,55-,56-/m1/s1. The summed E-state index contributed by atoms with van der Waals surface area (Å²) in [5, 5.41) is 308. The van der Waals surface area contributed by atoms with E-state index in [0.717, 1.165) is 6.92 Å². The van der Waals surface area contributed by atoms with E-state index in [9.17, 15) is 148 Å². The fourth-order valence-electron chi connectivity index (χ4n) is 13.1. The maximum Gasteiger partial charge on any atom is 0.217 e. The zero-order chi connectivity index (χ0) is 75.6. The lowest BCUT2D eigenvalue weighted by atomic mass is 9.95. The first-order valence-corrected chi connectivity index (χ1v) is 32.7. The number of aliphatic hydroxyl groups excluding tert-OH is 28. The molecule has 0 aromatic carbocycles. The summed E-state index contributed by atoms with van der Waals surface area (Å²) in [5.74, 6) is -0.849. The average Bonchev–Trinajstić information content (AvgIpc) is 0.776. The third-order valence-corrected chi connectivity index (χ3v) is 19.1. The summed E-state index contributed by atoms with van der Waals surface area (Å²) < 4.78 is 98.4. The molecule has 9 fully saturated rings. The highest BCUT2D eigenvalue weighted by molar-refractivity contribution is 5.73. The van der Waals surface area contributed by atoms with Crippen molar-refractivity contribution in [2.45, 2.75) is 283 Å². The average molecular weight is 1520 g/mol. The monoisotopic (exact) mass is 1520 g/mol. The molecule has 0 aromatic heterocycles. The fraction of sp³-hybridized carbons (Fsp3) is 0.982. The van der Waals surface area contributed by atoms with Crippen LogP contribution in [0.15, 0.2) is 0 Å². The van der Waals surface area contributed by atoms with E-state index in [2.05, 4.69) is 5.32 Å². The predicted molar refractivity (Wildman–Crippen MR) is 309 cm³/mol. The molecule has 9 heterocycles. The van der Waals surface area contributed by atoms with Crippen molar-refractivity contribution in [3.63, 3.8) is 0 Å². The second-order valence-corrected chi connectivity index (χ2v) is 26.0. The number of ether oxygens (including phenoxy) is 17. The second kappa shape index (κ2) is 36.7. The van der Waals surface area contributed by atoms with Crippen LogP contribution in [-0.4, -0.2) is 485 Å². The molecule has 0 saturated carbocycles. The summed E-state index contributed by atoms with van der Waals surface area (Å²) in [5.41, 5.74) is 0. The molecule has 29 N–H and O–H groups in total. The molecule has 0 unspecified atom stereocenters. The zero-order valence-corrected chi connectivity index (χ0v) is 54.2. The van der Waals surface area contributed by atoms with Gasteiger partial charge in [0.25, 0.3) is 0 Å². The van der Waals surface area contributed by atoms with Crippen LogP contribution >= 0.6 is 0 Å². The van der Waals surface area contributed by atoms with E-state index in [0.29, 0.717) is 0 Å². The van der Waals surface area contributed by atoms with E-state index in [4.69, 9.17) is 80.5 Å². The molecule has 47 nitrogen and oxygen atoms in total. The first-order chi connectivity index (χ1) is 48.8. The molecule has 0 aromatic rings. The predicted octanol–water partition coefficient (Wildman–Crippen LogP) is -20.5. The minimum Gasteiger partial charge on any atom is -0.394 e. The fourth-order valence-corrected chi connectivity index (χ4v) is 13.1. The van der Waals surface area contributed by atoms with Crippen LogP contribution in [-0.2, 0) is 85.3 Å². The largest absolute Gasteiger partial charge is 0.394 e. The maximum absolute atomic E-state index is 12.4. The normalized spacial score (nSPS) is 52.4. The van der Waals surface area contributed by atoms with Crippen LogP contribution in [0.25, 0.3) is 0 Å². The zero-order valence-electron chi connectivity index (χ0n) is 54.2. The van der Waals surface area contributed by atoms with Crippen molar-refractivity contribution in [2.24, 2.45) is 0 Å². The third-order valence-electron chi connectivity index (χ3n) is 19.1. The molecule has 1 amide bonds. The van der Waals surface area contributed by atoms with Gasteiger partial charge in [-0.3, -0.25) is 4.79 Å². The van der Waals surface area contributed by atoms with Gasteiger partial charge in [-0.1, -0.05) is 0 Å². The molecule has 47 heteroatoms. The van der Waals surface area contributed by atoms with Crippen molar-refractivity contribution in [2.75, 3.05) is 59.5 Å². The third kappa shape index (κ3) is 18.0. The summed E-state index contributed by atoms with van der Waals surface area (Å²) in [6, 6.07) is -1.76. The topological polar surface area (TPSA) is 752 Å². The molecule has 9 rings (SSSR count). The van der Waals surface area contributed by atoms with Crippen molar-refractivity contribution >= 4 is 5.91 Å². The molecule has 600 valence electrons. The van der Waals surface area contributed by atoms with E-state index in [1.54, 1.807) is 0 Å². The number of hydrogen-bond acceptors (Lipinski definition) is 46. The van der Waals surface area contributed by atoms with Crippen LogP contribution in [0.1, 0.15) is 6.92 Å². The lowest BCUT2D eigenvalue weighted by molar-refractivity contribution is -0.400. The summed E-state index contributed by atoms with van der Waals surface area (Å²) in [6.45, 7) is -8.82. The molecule has 0 bridgehead atoms. The molecule has 0 spiro atoms. The number of rotatable bonds is 26. The molecule has 0 radical (unpaired) electrons. The number of amides is 1. The molecular weight excluding hydrogens is 1420 g/mol. The van der Waals surface area contributed by atoms with E-state index in [1.807, 2.05) is 0 Å². The highest BCUT2D eigenvalue weighted by Gasteiger charge is 2.60. The van der Waals surface area contributed by atoms with Crippen molar-refractivity contribution < 1.29 is 228 Å². The molecule has 9 aliphatic rings. The minimum atomic E-state index is -2.51. The molecule has 0 aliphatic carbocycles. The van der Waals surface area contributed by atoms with Gasteiger partial charge in [0.05, 0.1) is 59.5 Å². The Labute approximate surface area is 581 Å². The number of aliphatic hydroxyl groups is 28. The molecule has 9 saturated heterocycles. The Morgan fingerprint density at radius 2 is 0.515 bits per heavy atom.